The first-order chi connectivity index (χ1) is 10.1. The molecule has 2 aromatic heterocycles. The quantitative estimate of drug-likeness (QED) is 0.872. The van der Waals surface area contributed by atoms with E-state index >= 15 is 0 Å². The third kappa shape index (κ3) is 2.31. The standard InChI is InChI=1S/C14H18N4O2S/c1-9-12(14(20-3)17(2)16-9)11-5-4-6-18(11)13(19)10-7-21-8-15-10/h7-8,11H,4-6H2,1-3H3/t11-/m1/s1. The van der Waals surface area contributed by atoms with E-state index in [0.29, 0.717) is 5.69 Å². The largest absolute Gasteiger partial charge is 0.481 e. The van der Waals surface area contributed by atoms with Gasteiger partial charge < -0.3 is 9.64 Å². The number of carbonyl (C=O) groups excluding carboxylic acids is 1. The molecule has 6 nitrogen and oxygen atoms in total. The van der Waals surface area contributed by atoms with Crippen LogP contribution >= 0.6 is 11.3 Å². The number of hydrogen-bond acceptors (Lipinski definition) is 5. The number of methoxy groups -OCH3 is 1. The van der Waals surface area contributed by atoms with Crippen molar-refractivity contribution in [1.29, 1.82) is 0 Å². The van der Waals surface area contributed by atoms with Gasteiger partial charge in [0.05, 0.1) is 29.9 Å². The third-order valence-corrected chi connectivity index (χ3v) is 4.49. The van der Waals surface area contributed by atoms with E-state index in [2.05, 4.69) is 10.1 Å². The molecule has 1 aliphatic heterocycles. The first-order valence-electron chi connectivity index (χ1n) is 6.90. The van der Waals surface area contributed by atoms with E-state index in [4.69, 9.17) is 4.74 Å². The highest BCUT2D eigenvalue weighted by Gasteiger charge is 2.35. The van der Waals surface area contributed by atoms with Crippen molar-refractivity contribution in [1.82, 2.24) is 19.7 Å². The van der Waals surface area contributed by atoms with Gasteiger partial charge in [-0.1, -0.05) is 0 Å². The summed E-state index contributed by atoms with van der Waals surface area (Å²) in [5.74, 6) is 0.722. The molecule has 1 saturated heterocycles. The number of carbonyl (C=O) groups is 1. The van der Waals surface area contributed by atoms with Crippen LogP contribution in [0.3, 0.4) is 0 Å². The summed E-state index contributed by atoms with van der Waals surface area (Å²) in [6.07, 6.45) is 1.91. The van der Waals surface area contributed by atoms with Gasteiger partial charge >= 0.3 is 0 Å². The van der Waals surface area contributed by atoms with Crippen LogP contribution in [0.5, 0.6) is 5.88 Å². The van der Waals surface area contributed by atoms with Crippen molar-refractivity contribution >= 4 is 17.2 Å². The van der Waals surface area contributed by atoms with Gasteiger partial charge in [0.25, 0.3) is 5.91 Å². The van der Waals surface area contributed by atoms with Crippen LogP contribution in [0.1, 0.15) is 40.6 Å². The molecule has 7 heteroatoms. The Kier molecular flexibility index (Phi) is 3.67. The van der Waals surface area contributed by atoms with Crippen molar-refractivity contribution in [2.24, 2.45) is 7.05 Å². The lowest BCUT2D eigenvalue weighted by molar-refractivity contribution is 0.0728. The smallest absolute Gasteiger partial charge is 0.273 e. The fourth-order valence-corrected chi connectivity index (χ4v) is 3.58. The highest BCUT2D eigenvalue weighted by molar-refractivity contribution is 7.07. The Hall–Kier alpha value is -1.89. The lowest BCUT2D eigenvalue weighted by Crippen LogP contribution is -2.31. The van der Waals surface area contributed by atoms with Crippen LogP contribution in [0.2, 0.25) is 0 Å². The molecule has 1 aliphatic rings. The maximum atomic E-state index is 12.6. The van der Waals surface area contributed by atoms with Crippen LogP contribution in [0.15, 0.2) is 10.9 Å². The van der Waals surface area contributed by atoms with E-state index in [9.17, 15) is 4.79 Å². The van der Waals surface area contributed by atoms with Crippen LogP contribution in [-0.2, 0) is 7.05 Å². The fraction of sp³-hybridized carbons (Fsp3) is 0.500. The van der Waals surface area contributed by atoms with Gasteiger partial charge in [0.15, 0.2) is 0 Å². The molecule has 1 amide bonds. The van der Waals surface area contributed by atoms with Crippen molar-refractivity contribution in [2.75, 3.05) is 13.7 Å². The van der Waals surface area contributed by atoms with E-state index in [-0.39, 0.29) is 11.9 Å². The summed E-state index contributed by atoms with van der Waals surface area (Å²) in [7, 11) is 3.50. The van der Waals surface area contributed by atoms with Gasteiger partial charge in [0, 0.05) is 19.0 Å². The molecule has 2 aromatic rings. The summed E-state index contributed by atoms with van der Waals surface area (Å²) in [6, 6.07) is 0.0165. The predicted octanol–water partition coefficient (Wildman–Crippen LogP) is 2.17. The first-order valence-corrected chi connectivity index (χ1v) is 7.84. The zero-order valence-corrected chi connectivity index (χ0v) is 13.2. The average Bonchev–Trinajstić information content (AvgIpc) is 3.16. The average molecular weight is 306 g/mol. The van der Waals surface area contributed by atoms with Gasteiger partial charge in [-0.3, -0.25) is 4.79 Å². The van der Waals surface area contributed by atoms with Crippen LogP contribution in [0.25, 0.3) is 0 Å². The van der Waals surface area contributed by atoms with Gasteiger partial charge in [0.2, 0.25) is 5.88 Å². The molecule has 1 atom stereocenters. The minimum absolute atomic E-state index is 0.0101. The predicted molar refractivity (Wildman–Crippen MR) is 79.6 cm³/mol. The molecule has 0 aromatic carbocycles. The number of aromatic nitrogens is 3. The number of rotatable bonds is 3. The van der Waals surface area contributed by atoms with Crippen LogP contribution in [0, 0.1) is 6.92 Å². The summed E-state index contributed by atoms with van der Waals surface area (Å²) < 4.78 is 7.21. The Morgan fingerprint density at radius 2 is 2.33 bits per heavy atom. The van der Waals surface area contributed by atoms with E-state index < -0.39 is 0 Å². The number of thiazole rings is 1. The number of hydrogen-bond donors (Lipinski definition) is 0. The molecule has 1 fully saturated rings. The van der Waals surface area contributed by atoms with Crippen LogP contribution in [0.4, 0.5) is 0 Å². The molecule has 0 unspecified atom stereocenters. The number of aryl methyl sites for hydroxylation is 2. The lowest BCUT2D eigenvalue weighted by atomic mass is 10.0. The first kappa shape index (κ1) is 14.1. The summed E-state index contributed by atoms with van der Waals surface area (Å²) >= 11 is 1.44. The second-order valence-corrected chi connectivity index (χ2v) is 5.88. The minimum Gasteiger partial charge on any atom is -0.481 e. The summed E-state index contributed by atoms with van der Waals surface area (Å²) in [5.41, 5.74) is 4.14. The number of likely N-dealkylation sites (tertiary alicyclic amines) is 1. The Labute approximate surface area is 127 Å². The molecule has 0 aliphatic carbocycles. The normalized spacial score (nSPS) is 18.2. The number of nitrogens with zero attached hydrogens (tertiary/aromatic N) is 4. The van der Waals surface area contributed by atoms with Gasteiger partial charge in [-0.05, 0) is 19.8 Å². The van der Waals surface area contributed by atoms with Crippen LogP contribution < -0.4 is 4.74 Å². The lowest BCUT2D eigenvalue weighted by Gasteiger charge is -2.24. The second-order valence-electron chi connectivity index (χ2n) is 5.16. The molecular formula is C14H18N4O2S. The molecule has 0 radical (unpaired) electrons. The summed E-state index contributed by atoms with van der Waals surface area (Å²) in [4.78, 5) is 18.6. The van der Waals surface area contributed by atoms with E-state index in [0.717, 1.165) is 36.5 Å². The van der Waals surface area contributed by atoms with Crippen molar-refractivity contribution in [3.63, 3.8) is 0 Å². The molecular weight excluding hydrogens is 288 g/mol. The Morgan fingerprint density at radius 3 is 3.00 bits per heavy atom. The highest BCUT2D eigenvalue weighted by atomic mass is 32.1. The zero-order valence-electron chi connectivity index (χ0n) is 12.4. The maximum absolute atomic E-state index is 12.6. The summed E-state index contributed by atoms with van der Waals surface area (Å²) in [5, 5.41) is 6.22. The monoisotopic (exact) mass is 306 g/mol. The van der Waals surface area contributed by atoms with Gasteiger partial charge in [-0.15, -0.1) is 11.3 Å². The Morgan fingerprint density at radius 1 is 1.52 bits per heavy atom. The Bertz CT molecular complexity index is 650. The van der Waals surface area contributed by atoms with Crippen molar-refractivity contribution < 1.29 is 9.53 Å². The summed E-state index contributed by atoms with van der Waals surface area (Å²) in [6.45, 7) is 2.71. The second kappa shape index (κ2) is 5.48. The zero-order chi connectivity index (χ0) is 15.0. The highest BCUT2D eigenvalue weighted by Crippen LogP contribution is 2.39. The van der Waals surface area contributed by atoms with Crippen molar-refractivity contribution in [3.05, 3.63) is 27.8 Å². The van der Waals surface area contributed by atoms with Gasteiger partial charge in [-0.2, -0.15) is 5.10 Å². The molecule has 112 valence electrons. The molecule has 0 spiro atoms. The third-order valence-electron chi connectivity index (χ3n) is 3.91. The fourth-order valence-electron chi connectivity index (χ4n) is 3.05. The molecule has 0 saturated carbocycles. The topological polar surface area (TPSA) is 60.2 Å². The molecule has 3 heterocycles. The van der Waals surface area contributed by atoms with Crippen molar-refractivity contribution in [3.8, 4) is 5.88 Å². The molecule has 0 N–H and O–H groups in total. The van der Waals surface area contributed by atoms with E-state index in [1.165, 1.54) is 11.3 Å². The number of ether oxygens (including phenoxy) is 1. The minimum atomic E-state index is -0.0101. The molecule has 21 heavy (non-hydrogen) atoms. The Balaban J connectivity index is 1.96. The SMILES string of the molecule is COc1c([C@H]2CCCN2C(=O)c2cscn2)c(C)nn1C. The molecule has 0 bridgehead atoms. The van der Waals surface area contributed by atoms with E-state index in [1.54, 1.807) is 22.7 Å². The molecule has 3 rings (SSSR count). The van der Waals surface area contributed by atoms with Crippen molar-refractivity contribution in [2.45, 2.75) is 25.8 Å². The van der Waals surface area contributed by atoms with Crippen LogP contribution in [-0.4, -0.2) is 39.2 Å². The van der Waals surface area contributed by atoms with Gasteiger partial charge in [-0.25, -0.2) is 9.67 Å². The van der Waals surface area contributed by atoms with Gasteiger partial charge in [0.1, 0.15) is 5.69 Å². The maximum Gasteiger partial charge on any atom is 0.273 e. The van der Waals surface area contributed by atoms with E-state index in [1.807, 2.05) is 18.9 Å². The number of amides is 1.